The van der Waals surface area contributed by atoms with Crippen LogP contribution in [-0.4, -0.2) is 32.4 Å². The number of hydrogen-bond donors (Lipinski definition) is 2. The number of aliphatic hydroxyl groups is 1. The van der Waals surface area contributed by atoms with E-state index in [0.717, 1.165) is 32.1 Å². The molecule has 0 unspecified atom stereocenters. The Bertz CT molecular complexity index is 308. The number of unbranched alkanes of at least 4 members (excludes halogenated alkanes) is 1. The topological polar surface area (TPSA) is 66.4 Å². The Labute approximate surface area is 105 Å². The molecule has 102 valence electrons. The second-order valence-electron chi connectivity index (χ2n) is 5.21. The van der Waals surface area contributed by atoms with Gasteiger partial charge >= 0.3 is 0 Å². The van der Waals surface area contributed by atoms with Crippen LogP contribution in [0.5, 0.6) is 0 Å². The van der Waals surface area contributed by atoms with Crippen LogP contribution in [-0.2, 0) is 10.0 Å². The summed E-state index contributed by atoms with van der Waals surface area (Å²) >= 11 is 0. The second-order valence-corrected chi connectivity index (χ2v) is 7.14. The van der Waals surface area contributed by atoms with Crippen molar-refractivity contribution in [3.63, 3.8) is 0 Å². The van der Waals surface area contributed by atoms with Crippen molar-refractivity contribution in [1.82, 2.24) is 4.72 Å². The Morgan fingerprint density at radius 2 is 1.88 bits per heavy atom. The van der Waals surface area contributed by atoms with Gasteiger partial charge in [0.15, 0.2) is 0 Å². The lowest BCUT2D eigenvalue weighted by atomic mass is 9.75. The molecule has 0 bridgehead atoms. The molecule has 0 aromatic carbocycles. The van der Waals surface area contributed by atoms with Crippen LogP contribution in [0.1, 0.15) is 51.9 Å². The van der Waals surface area contributed by atoms with E-state index >= 15 is 0 Å². The highest BCUT2D eigenvalue weighted by atomic mass is 32.2. The van der Waals surface area contributed by atoms with E-state index in [1.807, 2.05) is 6.92 Å². The predicted molar refractivity (Wildman–Crippen MR) is 69.3 cm³/mol. The fourth-order valence-electron chi connectivity index (χ4n) is 2.36. The molecule has 1 fully saturated rings. The van der Waals surface area contributed by atoms with Crippen LogP contribution in [0.4, 0.5) is 0 Å². The van der Waals surface area contributed by atoms with Crippen molar-refractivity contribution < 1.29 is 13.5 Å². The molecule has 4 nitrogen and oxygen atoms in total. The molecule has 17 heavy (non-hydrogen) atoms. The molecule has 2 N–H and O–H groups in total. The lowest BCUT2D eigenvalue weighted by Crippen LogP contribution is -2.42. The third-order valence-electron chi connectivity index (χ3n) is 3.68. The predicted octanol–water partition coefficient (Wildman–Crippen LogP) is 1.65. The Morgan fingerprint density at radius 3 is 2.41 bits per heavy atom. The van der Waals surface area contributed by atoms with Gasteiger partial charge < -0.3 is 5.11 Å². The zero-order valence-electron chi connectivity index (χ0n) is 10.7. The highest BCUT2D eigenvalue weighted by Gasteiger charge is 2.32. The molecule has 0 radical (unpaired) electrons. The third-order valence-corrected chi connectivity index (χ3v) is 5.09. The first-order valence-electron chi connectivity index (χ1n) is 6.62. The van der Waals surface area contributed by atoms with Crippen LogP contribution in [0.15, 0.2) is 0 Å². The lowest BCUT2D eigenvalue weighted by molar-refractivity contribution is 0.0867. The molecule has 5 heteroatoms. The molecule has 0 heterocycles. The number of sulfonamides is 1. The van der Waals surface area contributed by atoms with E-state index in [-0.39, 0.29) is 17.8 Å². The van der Waals surface area contributed by atoms with Gasteiger partial charge in [-0.25, -0.2) is 13.1 Å². The van der Waals surface area contributed by atoms with E-state index in [4.69, 9.17) is 0 Å². The van der Waals surface area contributed by atoms with Gasteiger partial charge in [0.05, 0.1) is 5.75 Å². The summed E-state index contributed by atoms with van der Waals surface area (Å²) in [5.74, 6) is 0.199. The highest BCUT2D eigenvalue weighted by molar-refractivity contribution is 7.89. The van der Waals surface area contributed by atoms with Crippen LogP contribution in [0.25, 0.3) is 0 Å². The number of hydrogen-bond acceptors (Lipinski definition) is 3. The smallest absolute Gasteiger partial charge is 0.211 e. The molecule has 0 aliphatic heterocycles. The maximum Gasteiger partial charge on any atom is 0.211 e. The van der Waals surface area contributed by atoms with Crippen LogP contribution >= 0.6 is 0 Å². The molecule has 0 spiro atoms. The average molecular weight is 263 g/mol. The maximum absolute atomic E-state index is 11.7. The summed E-state index contributed by atoms with van der Waals surface area (Å²) in [5.41, 5.74) is -0.211. The fourth-order valence-corrected chi connectivity index (χ4v) is 3.70. The summed E-state index contributed by atoms with van der Waals surface area (Å²) in [6.07, 6.45) is 6.83. The Hall–Kier alpha value is -0.130. The zero-order chi connectivity index (χ0) is 12.8. The van der Waals surface area contributed by atoms with E-state index in [0.29, 0.717) is 13.0 Å². The van der Waals surface area contributed by atoms with E-state index in [9.17, 15) is 13.5 Å². The third kappa shape index (κ3) is 4.94. The van der Waals surface area contributed by atoms with Crippen LogP contribution in [0, 0.1) is 5.41 Å². The summed E-state index contributed by atoms with van der Waals surface area (Å²) in [4.78, 5) is 0. The molecule has 0 atom stereocenters. The van der Waals surface area contributed by atoms with E-state index < -0.39 is 10.0 Å². The lowest BCUT2D eigenvalue weighted by Gasteiger charge is -2.35. The Kier molecular flexibility index (Phi) is 5.89. The normalized spacial score (nSPS) is 20.4. The maximum atomic E-state index is 11.7. The van der Waals surface area contributed by atoms with Gasteiger partial charge in [-0.05, 0) is 19.3 Å². The van der Waals surface area contributed by atoms with Gasteiger partial charge in [-0.1, -0.05) is 32.6 Å². The quantitative estimate of drug-likeness (QED) is 0.734. The summed E-state index contributed by atoms with van der Waals surface area (Å²) in [5, 5.41) is 9.48. The summed E-state index contributed by atoms with van der Waals surface area (Å²) < 4.78 is 26.1. The van der Waals surface area contributed by atoms with E-state index in [1.165, 1.54) is 6.42 Å². The molecule has 1 aliphatic rings. The second kappa shape index (κ2) is 6.71. The van der Waals surface area contributed by atoms with Crippen molar-refractivity contribution in [1.29, 1.82) is 0 Å². The van der Waals surface area contributed by atoms with Crippen molar-refractivity contribution in [3.05, 3.63) is 0 Å². The van der Waals surface area contributed by atoms with Crippen LogP contribution in [0.3, 0.4) is 0 Å². The molecule has 0 amide bonds. The largest absolute Gasteiger partial charge is 0.396 e. The van der Waals surface area contributed by atoms with Crippen molar-refractivity contribution in [2.45, 2.75) is 51.9 Å². The van der Waals surface area contributed by atoms with Gasteiger partial charge in [0.25, 0.3) is 0 Å². The standard InChI is InChI=1S/C12H25NO3S/c1-2-3-9-17(15,16)13-10-12(11-14)7-5-4-6-8-12/h13-14H,2-11H2,1H3. The fraction of sp³-hybridized carbons (Fsp3) is 1.00. The van der Waals surface area contributed by atoms with Crippen molar-refractivity contribution >= 4 is 10.0 Å². The van der Waals surface area contributed by atoms with Gasteiger partial charge in [0.1, 0.15) is 0 Å². The van der Waals surface area contributed by atoms with Gasteiger partial charge in [-0.3, -0.25) is 0 Å². The minimum absolute atomic E-state index is 0.0866. The van der Waals surface area contributed by atoms with Crippen LogP contribution in [0.2, 0.25) is 0 Å². The first-order chi connectivity index (χ1) is 8.04. The summed E-state index contributed by atoms with van der Waals surface area (Å²) in [7, 11) is -3.15. The van der Waals surface area contributed by atoms with Crippen molar-refractivity contribution in [3.8, 4) is 0 Å². The summed E-state index contributed by atoms with van der Waals surface area (Å²) in [6.45, 7) is 2.46. The van der Waals surface area contributed by atoms with Gasteiger partial charge in [-0.2, -0.15) is 0 Å². The van der Waals surface area contributed by atoms with E-state index in [1.54, 1.807) is 0 Å². The Balaban J connectivity index is 2.46. The number of nitrogens with one attached hydrogen (secondary N) is 1. The zero-order valence-corrected chi connectivity index (χ0v) is 11.6. The first-order valence-corrected chi connectivity index (χ1v) is 8.27. The first kappa shape index (κ1) is 14.9. The highest BCUT2D eigenvalue weighted by Crippen LogP contribution is 2.35. The molecule has 1 saturated carbocycles. The van der Waals surface area contributed by atoms with Gasteiger partial charge in [-0.15, -0.1) is 0 Å². The van der Waals surface area contributed by atoms with Crippen LogP contribution < -0.4 is 4.72 Å². The molecular weight excluding hydrogens is 238 g/mol. The van der Waals surface area contributed by atoms with Crippen molar-refractivity contribution in [2.24, 2.45) is 5.41 Å². The van der Waals surface area contributed by atoms with Gasteiger partial charge in [0.2, 0.25) is 10.0 Å². The SMILES string of the molecule is CCCCS(=O)(=O)NCC1(CO)CCCCC1. The molecule has 0 aromatic rings. The Morgan fingerprint density at radius 1 is 1.24 bits per heavy atom. The number of rotatable bonds is 7. The van der Waals surface area contributed by atoms with Gasteiger partial charge in [0, 0.05) is 18.6 Å². The number of aliphatic hydroxyl groups excluding tert-OH is 1. The molecule has 0 saturated heterocycles. The average Bonchev–Trinajstić information content (AvgIpc) is 2.35. The monoisotopic (exact) mass is 263 g/mol. The molecule has 1 aliphatic carbocycles. The molecule has 0 aromatic heterocycles. The van der Waals surface area contributed by atoms with Crippen molar-refractivity contribution in [2.75, 3.05) is 18.9 Å². The molecule has 1 rings (SSSR count). The minimum Gasteiger partial charge on any atom is -0.396 e. The van der Waals surface area contributed by atoms with E-state index in [2.05, 4.69) is 4.72 Å². The molecular formula is C12H25NO3S. The summed E-state index contributed by atoms with van der Waals surface area (Å²) in [6, 6.07) is 0. The minimum atomic E-state index is -3.15.